The standard InChI is InChI=1S/C13H17FO3/c1-8-4-5-10(7-11(8)14)13(16)9(2)6-12(15)17-3/h4-5,7,9,13,16H,6H2,1-3H3. The molecular weight excluding hydrogens is 223 g/mol. The van der Waals surface area contributed by atoms with Crippen molar-refractivity contribution in [1.29, 1.82) is 0 Å². The minimum Gasteiger partial charge on any atom is -0.469 e. The topological polar surface area (TPSA) is 46.5 Å². The molecule has 0 bridgehead atoms. The summed E-state index contributed by atoms with van der Waals surface area (Å²) in [5.41, 5.74) is 1.01. The van der Waals surface area contributed by atoms with Crippen LogP contribution in [0.25, 0.3) is 0 Å². The van der Waals surface area contributed by atoms with E-state index in [1.807, 2.05) is 0 Å². The molecule has 0 aromatic heterocycles. The van der Waals surface area contributed by atoms with Gasteiger partial charge in [-0.2, -0.15) is 0 Å². The maximum atomic E-state index is 13.3. The van der Waals surface area contributed by atoms with E-state index >= 15 is 0 Å². The first-order valence-electron chi connectivity index (χ1n) is 5.46. The molecule has 3 nitrogen and oxygen atoms in total. The number of ether oxygens (including phenoxy) is 1. The number of carbonyl (C=O) groups excluding carboxylic acids is 1. The van der Waals surface area contributed by atoms with Crippen LogP contribution in [0.15, 0.2) is 18.2 Å². The molecule has 0 saturated carbocycles. The number of methoxy groups -OCH3 is 1. The monoisotopic (exact) mass is 240 g/mol. The van der Waals surface area contributed by atoms with Gasteiger partial charge in [-0.15, -0.1) is 0 Å². The van der Waals surface area contributed by atoms with E-state index in [0.717, 1.165) is 0 Å². The quantitative estimate of drug-likeness (QED) is 0.822. The fourth-order valence-electron chi connectivity index (χ4n) is 1.58. The third kappa shape index (κ3) is 3.53. The first-order chi connectivity index (χ1) is 7.95. The first kappa shape index (κ1) is 13.6. The van der Waals surface area contributed by atoms with E-state index in [9.17, 15) is 14.3 Å². The number of esters is 1. The van der Waals surface area contributed by atoms with Gasteiger partial charge in [0.15, 0.2) is 0 Å². The third-order valence-electron chi connectivity index (χ3n) is 2.79. The summed E-state index contributed by atoms with van der Waals surface area (Å²) < 4.78 is 17.9. The smallest absolute Gasteiger partial charge is 0.305 e. The summed E-state index contributed by atoms with van der Waals surface area (Å²) >= 11 is 0. The average molecular weight is 240 g/mol. The molecule has 1 N–H and O–H groups in total. The van der Waals surface area contributed by atoms with Crippen LogP contribution >= 0.6 is 0 Å². The van der Waals surface area contributed by atoms with Crippen LogP contribution in [-0.4, -0.2) is 18.2 Å². The number of benzene rings is 1. The lowest BCUT2D eigenvalue weighted by Gasteiger charge is -2.18. The van der Waals surface area contributed by atoms with Crippen LogP contribution in [0.5, 0.6) is 0 Å². The number of hydrogen-bond acceptors (Lipinski definition) is 3. The van der Waals surface area contributed by atoms with E-state index in [1.54, 1.807) is 26.0 Å². The third-order valence-corrected chi connectivity index (χ3v) is 2.79. The van der Waals surface area contributed by atoms with E-state index in [0.29, 0.717) is 11.1 Å². The van der Waals surface area contributed by atoms with Crippen molar-refractivity contribution < 1.29 is 19.0 Å². The van der Waals surface area contributed by atoms with Crippen LogP contribution in [-0.2, 0) is 9.53 Å². The Morgan fingerprint density at radius 3 is 2.71 bits per heavy atom. The van der Waals surface area contributed by atoms with Crippen LogP contribution in [0.4, 0.5) is 4.39 Å². The Morgan fingerprint density at radius 1 is 1.53 bits per heavy atom. The molecule has 0 fully saturated rings. The molecule has 0 saturated heterocycles. The molecular formula is C13H17FO3. The molecule has 0 radical (unpaired) electrons. The van der Waals surface area contributed by atoms with Crippen molar-refractivity contribution in [2.75, 3.05) is 7.11 Å². The maximum Gasteiger partial charge on any atom is 0.305 e. The van der Waals surface area contributed by atoms with Crippen molar-refractivity contribution in [3.05, 3.63) is 35.1 Å². The zero-order valence-corrected chi connectivity index (χ0v) is 10.2. The van der Waals surface area contributed by atoms with Crippen molar-refractivity contribution in [1.82, 2.24) is 0 Å². The van der Waals surface area contributed by atoms with Crippen molar-refractivity contribution in [2.45, 2.75) is 26.4 Å². The summed E-state index contributed by atoms with van der Waals surface area (Å²) in [6.07, 6.45) is -0.767. The average Bonchev–Trinajstić information content (AvgIpc) is 2.31. The zero-order chi connectivity index (χ0) is 13.0. The molecule has 17 heavy (non-hydrogen) atoms. The highest BCUT2D eigenvalue weighted by Crippen LogP contribution is 2.25. The van der Waals surface area contributed by atoms with Crippen LogP contribution in [0.2, 0.25) is 0 Å². The highest BCUT2D eigenvalue weighted by molar-refractivity contribution is 5.69. The molecule has 4 heteroatoms. The van der Waals surface area contributed by atoms with Gasteiger partial charge in [0.2, 0.25) is 0 Å². The summed E-state index contributed by atoms with van der Waals surface area (Å²) in [7, 11) is 1.30. The molecule has 0 heterocycles. The van der Waals surface area contributed by atoms with Gasteiger partial charge in [0.05, 0.1) is 19.6 Å². The van der Waals surface area contributed by atoms with Crippen molar-refractivity contribution >= 4 is 5.97 Å². The second-order valence-electron chi connectivity index (χ2n) is 4.21. The summed E-state index contributed by atoms with van der Waals surface area (Å²) in [6, 6.07) is 4.57. The van der Waals surface area contributed by atoms with E-state index in [-0.39, 0.29) is 24.1 Å². The number of aliphatic hydroxyl groups is 1. The van der Waals surface area contributed by atoms with Gasteiger partial charge < -0.3 is 9.84 Å². The van der Waals surface area contributed by atoms with Crippen molar-refractivity contribution in [3.8, 4) is 0 Å². The summed E-state index contributed by atoms with van der Waals surface area (Å²) in [6.45, 7) is 3.38. The van der Waals surface area contributed by atoms with Crippen LogP contribution in [0.1, 0.15) is 30.6 Å². The highest BCUT2D eigenvalue weighted by Gasteiger charge is 2.20. The maximum absolute atomic E-state index is 13.3. The Bertz CT molecular complexity index is 404. The molecule has 1 aromatic carbocycles. The van der Waals surface area contributed by atoms with Gasteiger partial charge in [-0.05, 0) is 30.0 Å². The minimum absolute atomic E-state index is 0.104. The van der Waals surface area contributed by atoms with E-state index in [2.05, 4.69) is 4.74 Å². The summed E-state index contributed by atoms with van der Waals surface area (Å²) in [5.74, 6) is -1.06. The predicted octanol–water partition coefficient (Wildman–Crippen LogP) is 2.37. The zero-order valence-electron chi connectivity index (χ0n) is 10.2. The number of halogens is 1. The fourth-order valence-corrected chi connectivity index (χ4v) is 1.58. The van der Waals surface area contributed by atoms with Gasteiger partial charge in [0, 0.05) is 0 Å². The molecule has 94 valence electrons. The Morgan fingerprint density at radius 2 is 2.18 bits per heavy atom. The Labute approximate surface area is 100 Å². The van der Waals surface area contributed by atoms with Gasteiger partial charge in [-0.25, -0.2) is 4.39 Å². The first-order valence-corrected chi connectivity index (χ1v) is 5.46. The Kier molecular flexibility index (Phi) is 4.63. The van der Waals surface area contributed by atoms with Crippen LogP contribution in [0.3, 0.4) is 0 Å². The lowest BCUT2D eigenvalue weighted by molar-refractivity contribution is -0.142. The molecule has 2 unspecified atom stereocenters. The summed E-state index contributed by atoms with van der Waals surface area (Å²) in [5, 5.41) is 9.97. The highest BCUT2D eigenvalue weighted by atomic mass is 19.1. The molecule has 0 aliphatic heterocycles. The van der Waals surface area contributed by atoms with E-state index in [1.165, 1.54) is 13.2 Å². The van der Waals surface area contributed by atoms with E-state index in [4.69, 9.17) is 0 Å². The van der Waals surface area contributed by atoms with Crippen molar-refractivity contribution in [2.24, 2.45) is 5.92 Å². The number of aryl methyl sites for hydroxylation is 1. The fraction of sp³-hybridized carbons (Fsp3) is 0.462. The molecule has 1 aromatic rings. The second kappa shape index (κ2) is 5.77. The Hall–Kier alpha value is -1.42. The number of rotatable bonds is 4. The van der Waals surface area contributed by atoms with Gasteiger partial charge in [0.25, 0.3) is 0 Å². The van der Waals surface area contributed by atoms with Crippen LogP contribution in [0, 0.1) is 18.7 Å². The van der Waals surface area contributed by atoms with E-state index < -0.39 is 6.10 Å². The normalized spacial score (nSPS) is 14.2. The van der Waals surface area contributed by atoms with Gasteiger partial charge in [-0.1, -0.05) is 19.1 Å². The largest absolute Gasteiger partial charge is 0.469 e. The molecule has 2 atom stereocenters. The lowest BCUT2D eigenvalue weighted by Crippen LogP contribution is -2.15. The number of aliphatic hydroxyl groups excluding tert-OH is 1. The Balaban J connectivity index is 2.77. The van der Waals surface area contributed by atoms with Crippen molar-refractivity contribution in [3.63, 3.8) is 0 Å². The SMILES string of the molecule is COC(=O)CC(C)C(O)c1ccc(C)c(F)c1. The van der Waals surface area contributed by atoms with Gasteiger partial charge in [0.1, 0.15) is 5.82 Å². The molecule has 0 amide bonds. The lowest BCUT2D eigenvalue weighted by atomic mass is 9.94. The minimum atomic E-state index is -0.871. The number of hydrogen-bond donors (Lipinski definition) is 1. The molecule has 0 spiro atoms. The number of carbonyl (C=O) groups is 1. The van der Waals surface area contributed by atoms with Crippen LogP contribution < -0.4 is 0 Å². The van der Waals surface area contributed by atoms with Gasteiger partial charge >= 0.3 is 5.97 Å². The molecule has 0 aliphatic rings. The second-order valence-corrected chi connectivity index (χ2v) is 4.21. The predicted molar refractivity (Wildman–Crippen MR) is 61.9 cm³/mol. The molecule has 1 rings (SSSR count). The summed E-state index contributed by atoms with van der Waals surface area (Å²) in [4.78, 5) is 11.1. The molecule has 0 aliphatic carbocycles. The van der Waals surface area contributed by atoms with Gasteiger partial charge in [-0.3, -0.25) is 4.79 Å².